The lowest BCUT2D eigenvalue weighted by Gasteiger charge is -2.24. The van der Waals surface area contributed by atoms with E-state index in [4.69, 9.17) is 0 Å². The van der Waals surface area contributed by atoms with E-state index in [1.807, 2.05) is 13.2 Å². The van der Waals surface area contributed by atoms with E-state index in [1.54, 1.807) is 4.68 Å². The molecule has 0 atom stereocenters. The Bertz CT molecular complexity index is 272. The van der Waals surface area contributed by atoms with E-state index in [-0.39, 0.29) is 0 Å². The lowest BCUT2D eigenvalue weighted by atomic mass is 10.3. The molecule has 80 valence electrons. The fourth-order valence-corrected chi connectivity index (χ4v) is 1.76. The molecular formula is C9H17BrN4. The van der Waals surface area contributed by atoms with Gasteiger partial charge in [-0.15, -0.1) is 5.10 Å². The zero-order valence-corrected chi connectivity index (χ0v) is 10.5. The predicted octanol–water partition coefficient (Wildman–Crippen LogP) is 1.42. The van der Waals surface area contributed by atoms with Gasteiger partial charge in [-0.2, -0.15) is 0 Å². The summed E-state index contributed by atoms with van der Waals surface area (Å²) >= 11 is 3.45. The van der Waals surface area contributed by atoms with Gasteiger partial charge >= 0.3 is 0 Å². The summed E-state index contributed by atoms with van der Waals surface area (Å²) in [5.74, 6) is 0. The Morgan fingerprint density at radius 2 is 2.29 bits per heavy atom. The number of alkyl halides is 1. The van der Waals surface area contributed by atoms with Crippen LogP contribution in [0.2, 0.25) is 0 Å². The maximum Gasteiger partial charge on any atom is 0.0967 e. The van der Waals surface area contributed by atoms with Gasteiger partial charge < -0.3 is 0 Å². The second kappa shape index (κ2) is 5.46. The van der Waals surface area contributed by atoms with Crippen molar-refractivity contribution in [1.29, 1.82) is 0 Å². The van der Waals surface area contributed by atoms with Crippen molar-refractivity contribution in [2.24, 2.45) is 7.05 Å². The van der Waals surface area contributed by atoms with Crippen molar-refractivity contribution < 1.29 is 0 Å². The van der Waals surface area contributed by atoms with Crippen LogP contribution in [0.15, 0.2) is 6.20 Å². The highest BCUT2D eigenvalue weighted by Crippen LogP contribution is 2.05. The molecular weight excluding hydrogens is 244 g/mol. The van der Waals surface area contributed by atoms with Crippen LogP contribution < -0.4 is 0 Å². The van der Waals surface area contributed by atoms with E-state index < -0.39 is 0 Å². The van der Waals surface area contributed by atoms with Gasteiger partial charge in [0.25, 0.3) is 0 Å². The van der Waals surface area contributed by atoms with Crippen LogP contribution in [0.1, 0.15) is 19.5 Å². The third-order valence-electron chi connectivity index (χ3n) is 2.12. The fourth-order valence-electron chi connectivity index (χ4n) is 1.30. The van der Waals surface area contributed by atoms with E-state index in [0.29, 0.717) is 6.04 Å². The van der Waals surface area contributed by atoms with Gasteiger partial charge in [-0.3, -0.25) is 9.58 Å². The molecule has 1 aromatic rings. The first-order valence-corrected chi connectivity index (χ1v) is 5.91. The normalized spacial score (nSPS) is 11.6. The van der Waals surface area contributed by atoms with E-state index >= 15 is 0 Å². The zero-order valence-electron chi connectivity index (χ0n) is 8.94. The largest absolute Gasteiger partial charge is 0.294 e. The van der Waals surface area contributed by atoms with E-state index in [1.165, 1.54) is 0 Å². The van der Waals surface area contributed by atoms with Crippen molar-refractivity contribution in [1.82, 2.24) is 19.9 Å². The van der Waals surface area contributed by atoms with Crippen LogP contribution >= 0.6 is 15.9 Å². The number of aromatic nitrogens is 3. The molecule has 0 N–H and O–H groups in total. The number of aryl methyl sites for hydroxylation is 1. The summed E-state index contributed by atoms with van der Waals surface area (Å²) in [6, 6.07) is 0.537. The highest BCUT2D eigenvalue weighted by atomic mass is 79.9. The van der Waals surface area contributed by atoms with Crippen LogP contribution in [0, 0.1) is 0 Å². The number of halogens is 1. The van der Waals surface area contributed by atoms with Gasteiger partial charge in [0.2, 0.25) is 0 Å². The molecule has 0 unspecified atom stereocenters. The second-order valence-corrected chi connectivity index (χ2v) is 4.43. The van der Waals surface area contributed by atoms with Crippen molar-refractivity contribution in [2.45, 2.75) is 26.4 Å². The second-order valence-electron chi connectivity index (χ2n) is 3.64. The smallest absolute Gasteiger partial charge is 0.0967 e. The summed E-state index contributed by atoms with van der Waals surface area (Å²) < 4.78 is 1.74. The molecule has 0 aliphatic rings. The SMILES string of the molecule is CC(C)N(CCBr)Cc1cn(C)nn1. The molecule has 0 aliphatic carbocycles. The molecule has 0 amide bonds. The Kier molecular flexibility index (Phi) is 4.54. The summed E-state index contributed by atoms with van der Waals surface area (Å²) in [6.45, 7) is 6.30. The molecule has 0 spiro atoms. The molecule has 1 rings (SSSR count). The molecule has 0 aromatic carbocycles. The average molecular weight is 261 g/mol. The molecule has 0 aliphatic heterocycles. The van der Waals surface area contributed by atoms with Crippen LogP contribution in [0.5, 0.6) is 0 Å². The molecule has 1 heterocycles. The maximum absolute atomic E-state index is 4.08. The Balaban J connectivity index is 2.55. The average Bonchev–Trinajstić information content (AvgIpc) is 2.50. The van der Waals surface area contributed by atoms with Crippen LogP contribution in [0.4, 0.5) is 0 Å². The molecule has 14 heavy (non-hydrogen) atoms. The van der Waals surface area contributed by atoms with Gasteiger partial charge in [0.1, 0.15) is 0 Å². The number of rotatable bonds is 5. The Labute approximate surface area is 93.4 Å². The van der Waals surface area contributed by atoms with Gasteiger partial charge in [0, 0.05) is 37.7 Å². The van der Waals surface area contributed by atoms with Crippen molar-refractivity contribution in [3.8, 4) is 0 Å². The molecule has 0 radical (unpaired) electrons. The Morgan fingerprint density at radius 1 is 1.57 bits per heavy atom. The molecule has 5 heteroatoms. The maximum atomic E-state index is 4.08. The molecule has 1 aromatic heterocycles. The van der Waals surface area contributed by atoms with Gasteiger partial charge in [-0.1, -0.05) is 21.1 Å². The summed E-state index contributed by atoms with van der Waals surface area (Å²) in [5.41, 5.74) is 1.03. The predicted molar refractivity (Wildman–Crippen MR) is 60.3 cm³/mol. The Hall–Kier alpha value is -0.420. The van der Waals surface area contributed by atoms with Crippen molar-refractivity contribution in [3.05, 3.63) is 11.9 Å². The lowest BCUT2D eigenvalue weighted by molar-refractivity contribution is 0.225. The highest BCUT2D eigenvalue weighted by molar-refractivity contribution is 9.09. The third kappa shape index (κ3) is 3.38. The van der Waals surface area contributed by atoms with E-state index in [9.17, 15) is 0 Å². The summed E-state index contributed by atoms with van der Waals surface area (Å²) in [7, 11) is 1.89. The summed E-state index contributed by atoms with van der Waals surface area (Å²) in [6.07, 6.45) is 1.96. The first kappa shape index (κ1) is 11.7. The first-order chi connectivity index (χ1) is 6.63. The van der Waals surface area contributed by atoms with Crippen LogP contribution in [0.3, 0.4) is 0 Å². The number of hydrogen-bond donors (Lipinski definition) is 0. The van der Waals surface area contributed by atoms with Gasteiger partial charge in [-0.05, 0) is 13.8 Å². The van der Waals surface area contributed by atoms with E-state index in [2.05, 4.69) is 45.0 Å². The third-order valence-corrected chi connectivity index (χ3v) is 2.47. The van der Waals surface area contributed by atoms with Crippen molar-refractivity contribution in [2.75, 3.05) is 11.9 Å². The highest BCUT2D eigenvalue weighted by Gasteiger charge is 2.10. The molecule has 0 saturated heterocycles. The van der Waals surface area contributed by atoms with Crippen LogP contribution in [-0.2, 0) is 13.6 Å². The van der Waals surface area contributed by atoms with Crippen LogP contribution in [0.25, 0.3) is 0 Å². The molecule has 0 bridgehead atoms. The number of hydrogen-bond acceptors (Lipinski definition) is 3. The van der Waals surface area contributed by atoms with Gasteiger partial charge in [0.05, 0.1) is 5.69 Å². The zero-order chi connectivity index (χ0) is 10.6. The lowest BCUT2D eigenvalue weighted by Crippen LogP contribution is -2.32. The van der Waals surface area contributed by atoms with Crippen molar-refractivity contribution in [3.63, 3.8) is 0 Å². The molecule has 4 nitrogen and oxygen atoms in total. The van der Waals surface area contributed by atoms with E-state index in [0.717, 1.165) is 24.1 Å². The minimum Gasteiger partial charge on any atom is -0.294 e. The summed E-state index contributed by atoms with van der Waals surface area (Å²) in [4.78, 5) is 2.36. The van der Waals surface area contributed by atoms with Gasteiger partial charge in [-0.25, -0.2) is 0 Å². The Morgan fingerprint density at radius 3 is 2.71 bits per heavy atom. The van der Waals surface area contributed by atoms with Crippen molar-refractivity contribution >= 4 is 15.9 Å². The van der Waals surface area contributed by atoms with Crippen LogP contribution in [-0.4, -0.2) is 37.8 Å². The minimum absolute atomic E-state index is 0.537. The number of nitrogens with zero attached hydrogens (tertiary/aromatic N) is 4. The quantitative estimate of drug-likeness (QED) is 0.752. The topological polar surface area (TPSA) is 34.0 Å². The summed E-state index contributed by atoms with van der Waals surface area (Å²) in [5, 5.41) is 8.99. The molecule has 0 fully saturated rings. The van der Waals surface area contributed by atoms with Gasteiger partial charge in [0.15, 0.2) is 0 Å². The fraction of sp³-hybridized carbons (Fsp3) is 0.778. The monoisotopic (exact) mass is 260 g/mol. The standard InChI is InChI=1S/C9H17BrN4/c1-8(2)14(5-4-10)7-9-6-13(3)12-11-9/h6,8H,4-5,7H2,1-3H3. The molecule has 0 saturated carbocycles. The minimum atomic E-state index is 0.537. The first-order valence-electron chi connectivity index (χ1n) is 4.78.